The van der Waals surface area contributed by atoms with Gasteiger partial charge in [0.1, 0.15) is 11.3 Å². The van der Waals surface area contributed by atoms with Crippen molar-refractivity contribution in [1.29, 1.82) is 0 Å². The molecule has 8 nitrogen and oxygen atoms in total. The van der Waals surface area contributed by atoms with Crippen LogP contribution < -0.4 is 20.7 Å². The van der Waals surface area contributed by atoms with Gasteiger partial charge in [0.25, 0.3) is 17.7 Å². The normalized spacial score (nSPS) is 13.4. The van der Waals surface area contributed by atoms with E-state index in [1.54, 1.807) is 36.4 Å². The number of halogens is 2. The van der Waals surface area contributed by atoms with Gasteiger partial charge in [-0.05, 0) is 48.9 Å². The third-order valence-corrected chi connectivity index (χ3v) is 4.93. The molecule has 0 spiro atoms. The van der Waals surface area contributed by atoms with E-state index in [1.807, 2.05) is 17.6 Å². The number of nitrogens with one attached hydrogen (secondary N) is 3. The maximum absolute atomic E-state index is 12.2. The average molecular weight is 493 g/mol. The topological polar surface area (TPSA) is 114 Å². The Morgan fingerprint density at radius 2 is 1.83 bits per heavy atom. The highest BCUT2D eigenvalue weighted by atomic mass is 79.9. The number of aryl methyl sites for hydroxylation is 1. The Morgan fingerprint density at radius 3 is 2.50 bits per heavy atom. The summed E-state index contributed by atoms with van der Waals surface area (Å²) in [6.45, 7) is 1.53. The highest BCUT2D eigenvalue weighted by Crippen LogP contribution is 2.26. The molecule has 0 atom stereocenters. The van der Waals surface area contributed by atoms with Crippen LogP contribution in [0.25, 0.3) is 6.08 Å². The summed E-state index contributed by atoms with van der Waals surface area (Å²) in [6.07, 6.45) is 1.27. The zero-order valence-corrected chi connectivity index (χ0v) is 17.9. The SMILES string of the molecule is Cc1ccc(NC(=O)COc2ccc(Br)cc2C=C2C(=O)NC(=O)NC2=O)cc1Cl. The van der Waals surface area contributed by atoms with Crippen molar-refractivity contribution in [2.45, 2.75) is 6.92 Å². The highest BCUT2D eigenvalue weighted by Gasteiger charge is 2.28. The molecule has 3 N–H and O–H groups in total. The Hall–Kier alpha value is -3.17. The predicted molar refractivity (Wildman–Crippen MR) is 114 cm³/mol. The molecule has 0 unspecified atom stereocenters. The molecule has 5 amide bonds. The maximum atomic E-state index is 12.2. The molecule has 2 aromatic carbocycles. The van der Waals surface area contributed by atoms with E-state index in [0.717, 1.165) is 5.56 Å². The number of amides is 5. The number of carbonyl (C=O) groups excluding carboxylic acids is 4. The smallest absolute Gasteiger partial charge is 0.328 e. The Balaban J connectivity index is 1.75. The Kier molecular flexibility index (Phi) is 6.53. The van der Waals surface area contributed by atoms with Gasteiger partial charge < -0.3 is 10.1 Å². The minimum Gasteiger partial charge on any atom is -0.483 e. The molecule has 0 saturated carbocycles. The van der Waals surface area contributed by atoms with E-state index in [-0.39, 0.29) is 17.9 Å². The molecule has 10 heteroatoms. The summed E-state index contributed by atoms with van der Waals surface area (Å²) < 4.78 is 6.23. The van der Waals surface area contributed by atoms with Gasteiger partial charge in [-0.25, -0.2) is 4.79 Å². The van der Waals surface area contributed by atoms with E-state index >= 15 is 0 Å². The van der Waals surface area contributed by atoms with Gasteiger partial charge in [-0.2, -0.15) is 0 Å². The van der Waals surface area contributed by atoms with E-state index < -0.39 is 23.8 Å². The van der Waals surface area contributed by atoms with Crippen LogP contribution >= 0.6 is 27.5 Å². The second kappa shape index (κ2) is 9.10. The molecule has 2 aromatic rings. The summed E-state index contributed by atoms with van der Waals surface area (Å²) in [5, 5.41) is 7.19. The van der Waals surface area contributed by atoms with Crippen molar-refractivity contribution in [3.8, 4) is 5.75 Å². The molecule has 0 aliphatic carbocycles. The summed E-state index contributed by atoms with van der Waals surface area (Å²) in [5.74, 6) is -1.82. The van der Waals surface area contributed by atoms with Crippen molar-refractivity contribution in [3.05, 3.63) is 62.6 Å². The summed E-state index contributed by atoms with van der Waals surface area (Å²) in [5.41, 5.74) is 1.51. The van der Waals surface area contributed by atoms with Crippen LogP contribution in [0.2, 0.25) is 5.02 Å². The van der Waals surface area contributed by atoms with Crippen LogP contribution in [0.5, 0.6) is 5.75 Å². The van der Waals surface area contributed by atoms with E-state index in [0.29, 0.717) is 20.7 Å². The molecule has 1 fully saturated rings. The zero-order valence-electron chi connectivity index (χ0n) is 15.5. The lowest BCUT2D eigenvalue weighted by atomic mass is 10.1. The number of imide groups is 2. The van der Waals surface area contributed by atoms with Gasteiger partial charge in [-0.15, -0.1) is 0 Å². The van der Waals surface area contributed by atoms with Gasteiger partial charge in [-0.1, -0.05) is 33.6 Å². The Morgan fingerprint density at radius 1 is 1.13 bits per heavy atom. The van der Waals surface area contributed by atoms with Gasteiger partial charge >= 0.3 is 6.03 Å². The quantitative estimate of drug-likeness (QED) is 0.438. The van der Waals surface area contributed by atoms with Crippen LogP contribution in [0.3, 0.4) is 0 Å². The Labute approximate surface area is 184 Å². The lowest BCUT2D eigenvalue weighted by Gasteiger charge is -2.15. The molecule has 1 aliphatic rings. The fourth-order valence-electron chi connectivity index (χ4n) is 2.54. The van der Waals surface area contributed by atoms with Crippen LogP contribution in [-0.4, -0.2) is 30.4 Å². The van der Waals surface area contributed by atoms with Crippen molar-refractivity contribution < 1.29 is 23.9 Å². The summed E-state index contributed by atoms with van der Waals surface area (Å²) >= 11 is 9.36. The number of urea groups is 1. The van der Waals surface area contributed by atoms with Crippen LogP contribution in [0.1, 0.15) is 11.1 Å². The summed E-state index contributed by atoms with van der Waals surface area (Å²) in [7, 11) is 0. The molecule has 0 bridgehead atoms. The number of benzene rings is 2. The third kappa shape index (κ3) is 5.25. The fraction of sp³-hybridized carbons (Fsp3) is 0.100. The van der Waals surface area contributed by atoms with Crippen LogP contribution in [-0.2, 0) is 14.4 Å². The molecule has 1 saturated heterocycles. The van der Waals surface area contributed by atoms with Crippen molar-refractivity contribution >= 4 is 63.0 Å². The van der Waals surface area contributed by atoms with Gasteiger partial charge in [0, 0.05) is 20.7 Å². The predicted octanol–water partition coefficient (Wildman–Crippen LogP) is 3.18. The fourth-order valence-corrected chi connectivity index (χ4v) is 3.10. The van der Waals surface area contributed by atoms with Gasteiger partial charge in [-0.3, -0.25) is 25.0 Å². The number of ether oxygens (including phenoxy) is 1. The molecule has 3 rings (SSSR count). The molecular weight excluding hydrogens is 478 g/mol. The number of rotatable bonds is 5. The first-order valence-electron chi connectivity index (χ1n) is 8.59. The van der Waals surface area contributed by atoms with Gasteiger partial charge in [0.15, 0.2) is 6.61 Å². The van der Waals surface area contributed by atoms with E-state index in [4.69, 9.17) is 16.3 Å². The molecule has 0 radical (unpaired) electrons. The van der Waals surface area contributed by atoms with Crippen molar-refractivity contribution in [1.82, 2.24) is 10.6 Å². The summed E-state index contributed by atoms with van der Waals surface area (Å²) in [4.78, 5) is 47.3. The first kappa shape index (κ1) is 21.5. The monoisotopic (exact) mass is 491 g/mol. The number of hydrogen-bond donors (Lipinski definition) is 3. The second-order valence-corrected chi connectivity index (χ2v) is 7.60. The molecule has 30 heavy (non-hydrogen) atoms. The number of carbonyl (C=O) groups is 4. The first-order valence-corrected chi connectivity index (χ1v) is 9.77. The van der Waals surface area contributed by atoms with Crippen molar-refractivity contribution in [3.63, 3.8) is 0 Å². The first-order chi connectivity index (χ1) is 14.2. The molecule has 1 aliphatic heterocycles. The third-order valence-electron chi connectivity index (χ3n) is 4.03. The van der Waals surface area contributed by atoms with Gasteiger partial charge in [0.2, 0.25) is 0 Å². The number of hydrogen-bond acceptors (Lipinski definition) is 5. The van der Waals surface area contributed by atoms with E-state index in [9.17, 15) is 19.2 Å². The molecule has 1 heterocycles. The Bertz CT molecular complexity index is 1080. The number of barbiturate groups is 1. The van der Waals surface area contributed by atoms with Crippen LogP contribution in [0.4, 0.5) is 10.5 Å². The highest BCUT2D eigenvalue weighted by molar-refractivity contribution is 9.10. The van der Waals surface area contributed by atoms with E-state index in [1.165, 1.54) is 6.08 Å². The lowest BCUT2D eigenvalue weighted by molar-refractivity contribution is -0.124. The lowest BCUT2D eigenvalue weighted by Crippen LogP contribution is -2.51. The van der Waals surface area contributed by atoms with E-state index in [2.05, 4.69) is 21.2 Å². The molecule has 0 aromatic heterocycles. The minimum absolute atomic E-state index is 0.264. The number of anilines is 1. The van der Waals surface area contributed by atoms with Crippen LogP contribution in [0.15, 0.2) is 46.4 Å². The van der Waals surface area contributed by atoms with Crippen molar-refractivity contribution in [2.24, 2.45) is 0 Å². The minimum atomic E-state index is -0.888. The molecular formula is C20H15BrClN3O5. The average Bonchev–Trinajstić information content (AvgIpc) is 2.67. The standard InChI is InChI=1S/C20H15BrClN3O5/c1-10-2-4-13(8-15(10)22)23-17(26)9-30-16-5-3-12(21)6-11(16)7-14-18(27)24-20(29)25-19(14)28/h2-8H,9H2,1H3,(H,23,26)(H2,24,25,27,28,29). The van der Waals surface area contributed by atoms with Crippen molar-refractivity contribution in [2.75, 3.05) is 11.9 Å². The van der Waals surface area contributed by atoms with Crippen LogP contribution in [0, 0.1) is 6.92 Å². The zero-order chi connectivity index (χ0) is 21.8. The summed E-state index contributed by atoms with van der Waals surface area (Å²) in [6, 6.07) is 9.11. The van der Waals surface area contributed by atoms with Gasteiger partial charge in [0.05, 0.1) is 0 Å². The second-order valence-electron chi connectivity index (χ2n) is 6.28. The maximum Gasteiger partial charge on any atom is 0.328 e. The molecule has 154 valence electrons. The largest absolute Gasteiger partial charge is 0.483 e.